The van der Waals surface area contributed by atoms with Crippen LogP contribution < -0.4 is 5.32 Å². The second-order valence-electron chi connectivity index (χ2n) is 6.08. The van der Waals surface area contributed by atoms with E-state index in [4.69, 9.17) is 9.47 Å². The van der Waals surface area contributed by atoms with Crippen molar-refractivity contribution in [3.05, 3.63) is 35.9 Å². The summed E-state index contributed by atoms with van der Waals surface area (Å²) < 4.78 is 11.1. The monoisotopic (exact) mass is 291 g/mol. The molecule has 1 aliphatic heterocycles. The predicted molar refractivity (Wildman–Crippen MR) is 81.9 cm³/mol. The average Bonchev–Trinajstić information content (AvgIpc) is 2.49. The van der Waals surface area contributed by atoms with Crippen LogP contribution in [-0.4, -0.2) is 31.3 Å². The molecular weight excluding hydrogens is 266 g/mol. The highest BCUT2D eigenvalue weighted by Gasteiger charge is 2.33. The minimum atomic E-state index is -0.421. The smallest absolute Gasteiger partial charge is 0.332 e. The Kier molecular flexibility index (Phi) is 5.76. The summed E-state index contributed by atoms with van der Waals surface area (Å²) in [6.45, 7) is 6.43. The second kappa shape index (κ2) is 7.57. The van der Waals surface area contributed by atoms with E-state index in [0.717, 1.165) is 31.5 Å². The molecule has 0 atom stereocenters. The van der Waals surface area contributed by atoms with Crippen LogP contribution in [0.5, 0.6) is 0 Å². The molecular formula is C17H25NO3. The van der Waals surface area contributed by atoms with E-state index >= 15 is 0 Å². The van der Waals surface area contributed by atoms with Gasteiger partial charge in [0.25, 0.3) is 0 Å². The van der Waals surface area contributed by atoms with Crippen LogP contribution >= 0.6 is 0 Å². The first kappa shape index (κ1) is 16.0. The van der Waals surface area contributed by atoms with Gasteiger partial charge in [0.15, 0.2) is 0 Å². The maximum absolute atomic E-state index is 11.9. The molecule has 116 valence electrons. The van der Waals surface area contributed by atoms with E-state index < -0.39 is 5.60 Å². The Morgan fingerprint density at radius 2 is 1.90 bits per heavy atom. The molecule has 1 aromatic rings. The van der Waals surface area contributed by atoms with Gasteiger partial charge in [0.05, 0.1) is 6.61 Å². The third kappa shape index (κ3) is 5.14. The fourth-order valence-corrected chi connectivity index (χ4v) is 2.75. The number of carbonyl (C=O) groups is 1. The number of benzene rings is 1. The first-order valence-corrected chi connectivity index (χ1v) is 7.62. The van der Waals surface area contributed by atoms with Crippen molar-refractivity contribution in [3.63, 3.8) is 0 Å². The van der Waals surface area contributed by atoms with Gasteiger partial charge >= 0.3 is 5.97 Å². The van der Waals surface area contributed by atoms with Gasteiger partial charge < -0.3 is 14.8 Å². The molecule has 1 aliphatic rings. The molecule has 4 nitrogen and oxygen atoms in total. The largest absolute Gasteiger partial charge is 0.458 e. The van der Waals surface area contributed by atoms with E-state index in [2.05, 4.69) is 5.32 Å². The topological polar surface area (TPSA) is 47.6 Å². The Hall–Kier alpha value is -1.39. The lowest BCUT2D eigenvalue weighted by Gasteiger charge is -2.36. The van der Waals surface area contributed by atoms with Gasteiger partial charge in [0, 0.05) is 5.92 Å². The van der Waals surface area contributed by atoms with Gasteiger partial charge in [0.2, 0.25) is 0 Å². The van der Waals surface area contributed by atoms with Crippen LogP contribution in [0.4, 0.5) is 0 Å². The molecule has 0 unspecified atom stereocenters. The fraction of sp³-hybridized carbons (Fsp3) is 0.588. The van der Waals surface area contributed by atoms with E-state index in [1.165, 1.54) is 0 Å². The normalized spacial score (nSPS) is 16.7. The van der Waals surface area contributed by atoms with Crippen molar-refractivity contribution >= 4 is 5.97 Å². The number of ether oxygens (including phenoxy) is 2. The Morgan fingerprint density at radius 1 is 1.24 bits per heavy atom. The van der Waals surface area contributed by atoms with E-state index in [1.54, 1.807) is 0 Å². The molecule has 1 N–H and O–H groups in total. The number of hydrogen-bond donors (Lipinski definition) is 1. The molecule has 0 amide bonds. The van der Waals surface area contributed by atoms with Crippen LogP contribution in [-0.2, 0) is 20.9 Å². The number of hydrogen-bond acceptors (Lipinski definition) is 4. The van der Waals surface area contributed by atoms with Gasteiger partial charge in [0.1, 0.15) is 12.2 Å². The van der Waals surface area contributed by atoms with Crippen molar-refractivity contribution in [2.24, 2.45) is 5.92 Å². The first-order chi connectivity index (χ1) is 10.1. The summed E-state index contributed by atoms with van der Waals surface area (Å²) in [6.07, 6.45) is 2.09. The molecule has 1 heterocycles. The predicted octanol–water partition coefficient (Wildman–Crippen LogP) is 2.52. The Morgan fingerprint density at radius 3 is 2.57 bits per heavy atom. The maximum atomic E-state index is 11.9. The summed E-state index contributed by atoms with van der Waals surface area (Å²) >= 11 is 0. The zero-order valence-corrected chi connectivity index (χ0v) is 12.9. The molecule has 1 saturated heterocycles. The molecule has 0 radical (unpaired) electrons. The van der Waals surface area contributed by atoms with Crippen LogP contribution in [0.2, 0.25) is 0 Å². The van der Waals surface area contributed by atoms with E-state index in [0.29, 0.717) is 12.5 Å². The summed E-state index contributed by atoms with van der Waals surface area (Å²) in [5.74, 6) is 0.131. The highest BCUT2D eigenvalue weighted by Crippen LogP contribution is 2.28. The second-order valence-corrected chi connectivity index (χ2v) is 6.08. The Bertz CT molecular complexity index is 439. The van der Waals surface area contributed by atoms with Gasteiger partial charge in [-0.05, 0) is 45.3 Å². The molecule has 0 bridgehead atoms. The summed E-state index contributed by atoms with van der Waals surface area (Å²) in [5, 5.41) is 3.33. The van der Waals surface area contributed by atoms with E-state index in [9.17, 15) is 4.79 Å². The quantitative estimate of drug-likeness (QED) is 0.818. The lowest BCUT2D eigenvalue weighted by molar-refractivity contribution is -0.168. The van der Waals surface area contributed by atoms with Gasteiger partial charge in [-0.1, -0.05) is 30.3 Å². The number of carbonyl (C=O) groups excluding carboxylic acids is 1. The zero-order chi connectivity index (χ0) is 15.1. The highest BCUT2D eigenvalue weighted by atomic mass is 16.6. The number of piperidine rings is 1. The first-order valence-electron chi connectivity index (χ1n) is 7.62. The van der Waals surface area contributed by atoms with Gasteiger partial charge in [-0.2, -0.15) is 0 Å². The number of esters is 1. The van der Waals surface area contributed by atoms with Crippen molar-refractivity contribution in [3.8, 4) is 0 Å². The molecule has 0 saturated carbocycles. The Balaban J connectivity index is 1.73. The summed E-state index contributed by atoms with van der Waals surface area (Å²) in [4.78, 5) is 11.9. The lowest BCUT2D eigenvalue weighted by Crippen LogP contribution is -2.43. The molecule has 4 heteroatoms. The maximum Gasteiger partial charge on any atom is 0.332 e. The molecule has 1 aromatic carbocycles. The van der Waals surface area contributed by atoms with Crippen molar-refractivity contribution < 1.29 is 14.3 Å². The number of rotatable bonds is 6. The summed E-state index contributed by atoms with van der Waals surface area (Å²) in [6, 6.07) is 9.82. The molecule has 2 rings (SSSR count). The lowest BCUT2D eigenvalue weighted by atomic mass is 9.83. The average molecular weight is 291 g/mol. The number of nitrogens with one attached hydrogen (secondary N) is 1. The van der Waals surface area contributed by atoms with Crippen molar-refractivity contribution in [2.45, 2.75) is 38.9 Å². The van der Waals surface area contributed by atoms with Crippen molar-refractivity contribution in [1.82, 2.24) is 5.32 Å². The highest BCUT2D eigenvalue weighted by molar-refractivity contribution is 5.71. The zero-order valence-electron chi connectivity index (χ0n) is 12.9. The van der Waals surface area contributed by atoms with Crippen LogP contribution in [0.3, 0.4) is 0 Å². The van der Waals surface area contributed by atoms with Crippen LogP contribution in [0.1, 0.15) is 32.3 Å². The van der Waals surface area contributed by atoms with Gasteiger partial charge in [-0.15, -0.1) is 0 Å². The third-order valence-corrected chi connectivity index (χ3v) is 4.03. The van der Waals surface area contributed by atoms with Crippen LogP contribution in [0, 0.1) is 5.92 Å². The SMILES string of the molecule is CC(C)(OC(=O)COCc1ccccc1)C1CCNCC1. The Labute approximate surface area is 126 Å². The van der Waals surface area contributed by atoms with E-state index in [-0.39, 0.29) is 12.6 Å². The minimum absolute atomic E-state index is 0.00327. The fourth-order valence-electron chi connectivity index (χ4n) is 2.75. The summed E-state index contributed by atoms with van der Waals surface area (Å²) in [7, 11) is 0. The molecule has 0 aliphatic carbocycles. The van der Waals surface area contributed by atoms with E-state index in [1.807, 2.05) is 44.2 Å². The molecule has 0 spiro atoms. The molecule has 0 aromatic heterocycles. The van der Waals surface area contributed by atoms with Gasteiger partial charge in [-0.25, -0.2) is 4.79 Å². The van der Waals surface area contributed by atoms with Crippen molar-refractivity contribution in [2.75, 3.05) is 19.7 Å². The minimum Gasteiger partial charge on any atom is -0.458 e. The molecule has 21 heavy (non-hydrogen) atoms. The van der Waals surface area contributed by atoms with Crippen LogP contribution in [0.15, 0.2) is 30.3 Å². The third-order valence-electron chi connectivity index (χ3n) is 4.03. The molecule has 1 fully saturated rings. The standard InChI is InChI=1S/C17H25NO3/c1-17(2,15-8-10-18-11-9-15)21-16(19)13-20-12-14-6-4-3-5-7-14/h3-7,15,18H,8-13H2,1-2H3. The summed E-state index contributed by atoms with van der Waals surface area (Å²) in [5.41, 5.74) is 0.637. The van der Waals surface area contributed by atoms with Crippen LogP contribution in [0.25, 0.3) is 0 Å². The van der Waals surface area contributed by atoms with Gasteiger partial charge in [-0.3, -0.25) is 0 Å². The van der Waals surface area contributed by atoms with Crippen molar-refractivity contribution in [1.29, 1.82) is 0 Å².